The third kappa shape index (κ3) is 3.86. The van der Waals surface area contributed by atoms with Crippen molar-refractivity contribution in [3.05, 3.63) is 33.0 Å². The van der Waals surface area contributed by atoms with Crippen molar-refractivity contribution in [1.82, 2.24) is 0 Å². The van der Waals surface area contributed by atoms with E-state index in [9.17, 15) is 8.60 Å². The second-order valence-electron chi connectivity index (χ2n) is 4.35. The summed E-state index contributed by atoms with van der Waals surface area (Å²) in [6, 6.07) is 2.78. The second-order valence-corrected chi connectivity index (χ2v) is 7.52. The minimum Gasteiger partial charge on any atom is -0.234 e. The minimum absolute atomic E-state index is 0.0333. The molecule has 0 aliphatic rings. The van der Waals surface area contributed by atoms with Crippen molar-refractivity contribution < 1.29 is 8.60 Å². The molecule has 94 valence electrons. The van der Waals surface area contributed by atoms with Gasteiger partial charge in [-0.2, -0.15) is 4.40 Å². The fraction of sp³-hybridized carbons (Fsp3) is 0.364. The standard InChI is InChI=1S/C11H12BrClFNOS/c1-11(2,3)17(16)15-6-7-8(12)4-5-9(14)10(7)13/h4-6H,1-3H3/b15-6+. The maximum atomic E-state index is 13.2. The molecule has 0 radical (unpaired) electrons. The molecule has 2 nitrogen and oxygen atoms in total. The zero-order valence-electron chi connectivity index (χ0n) is 9.63. The molecule has 1 atom stereocenters. The van der Waals surface area contributed by atoms with Gasteiger partial charge in [-0.1, -0.05) is 27.5 Å². The van der Waals surface area contributed by atoms with Crippen LogP contribution in [0.4, 0.5) is 4.39 Å². The van der Waals surface area contributed by atoms with E-state index in [1.807, 2.05) is 20.8 Å². The first-order valence-electron chi connectivity index (χ1n) is 4.83. The van der Waals surface area contributed by atoms with Gasteiger partial charge < -0.3 is 0 Å². The Morgan fingerprint density at radius 2 is 2.06 bits per heavy atom. The summed E-state index contributed by atoms with van der Waals surface area (Å²) in [4.78, 5) is 0. The van der Waals surface area contributed by atoms with Crippen LogP contribution in [0.1, 0.15) is 26.3 Å². The van der Waals surface area contributed by atoms with Crippen LogP contribution in [0, 0.1) is 5.82 Å². The number of rotatable bonds is 2. The largest absolute Gasteiger partial charge is 0.234 e. The van der Waals surface area contributed by atoms with Crippen LogP contribution in [-0.2, 0) is 11.0 Å². The maximum absolute atomic E-state index is 13.2. The molecule has 0 saturated heterocycles. The summed E-state index contributed by atoms with van der Waals surface area (Å²) in [7, 11) is -1.39. The van der Waals surface area contributed by atoms with E-state index in [-0.39, 0.29) is 5.02 Å². The predicted octanol–water partition coefficient (Wildman–Crippen LogP) is 4.12. The number of hydrogen-bond donors (Lipinski definition) is 0. The lowest BCUT2D eigenvalue weighted by Crippen LogP contribution is -2.19. The fourth-order valence-electron chi connectivity index (χ4n) is 0.920. The molecule has 0 heterocycles. The summed E-state index contributed by atoms with van der Waals surface area (Å²) in [5, 5.41) is -0.0333. The van der Waals surface area contributed by atoms with Crippen molar-refractivity contribution in [2.45, 2.75) is 25.5 Å². The van der Waals surface area contributed by atoms with E-state index in [4.69, 9.17) is 11.6 Å². The van der Waals surface area contributed by atoms with Crippen molar-refractivity contribution in [1.29, 1.82) is 0 Å². The van der Waals surface area contributed by atoms with Crippen molar-refractivity contribution in [2.75, 3.05) is 0 Å². The molecule has 1 aromatic rings. The van der Waals surface area contributed by atoms with Crippen LogP contribution < -0.4 is 0 Å². The molecule has 0 bridgehead atoms. The van der Waals surface area contributed by atoms with Crippen molar-refractivity contribution in [3.63, 3.8) is 0 Å². The van der Waals surface area contributed by atoms with Crippen LogP contribution >= 0.6 is 27.5 Å². The van der Waals surface area contributed by atoms with E-state index in [1.165, 1.54) is 18.3 Å². The Labute approximate surface area is 116 Å². The monoisotopic (exact) mass is 339 g/mol. The van der Waals surface area contributed by atoms with Gasteiger partial charge in [0.1, 0.15) is 16.8 Å². The van der Waals surface area contributed by atoms with E-state index in [2.05, 4.69) is 20.3 Å². The Bertz CT molecular complexity index is 485. The van der Waals surface area contributed by atoms with Gasteiger partial charge in [-0.15, -0.1) is 0 Å². The number of halogens is 3. The SMILES string of the molecule is CC(C)(C)S(=O)/N=C/c1c(Br)ccc(F)c1Cl. The van der Waals surface area contributed by atoms with E-state index >= 15 is 0 Å². The highest BCUT2D eigenvalue weighted by molar-refractivity contribution is 9.10. The van der Waals surface area contributed by atoms with Crippen LogP contribution in [0.25, 0.3) is 0 Å². The molecule has 1 aromatic carbocycles. The average Bonchev–Trinajstić information content (AvgIpc) is 2.22. The van der Waals surface area contributed by atoms with Gasteiger partial charge in [0.25, 0.3) is 0 Å². The van der Waals surface area contributed by atoms with Crippen LogP contribution in [0.2, 0.25) is 5.02 Å². The summed E-state index contributed by atoms with van der Waals surface area (Å²) >= 11 is 9.04. The quantitative estimate of drug-likeness (QED) is 0.588. The molecule has 0 amide bonds. The fourth-order valence-corrected chi connectivity index (χ4v) is 2.20. The van der Waals surface area contributed by atoms with E-state index in [1.54, 1.807) is 0 Å². The molecule has 0 spiro atoms. The third-order valence-corrected chi connectivity index (χ3v) is 4.30. The molecule has 0 fully saturated rings. The molecule has 0 aliphatic heterocycles. The lowest BCUT2D eigenvalue weighted by Gasteiger charge is -2.13. The average molecular weight is 341 g/mol. The van der Waals surface area contributed by atoms with Gasteiger partial charge in [-0.05, 0) is 32.9 Å². The molecule has 0 aliphatic carbocycles. The van der Waals surface area contributed by atoms with E-state index < -0.39 is 21.5 Å². The molecule has 17 heavy (non-hydrogen) atoms. The first-order chi connectivity index (χ1) is 7.73. The molecule has 0 saturated carbocycles. The first-order valence-corrected chi connectivity index (χ1v) is 7.11. The van der Waals surface area contributed by atoms with E-state index in [0.717, 1.165) is 0 Å². The smallest absolute Gasteiger partial charge is 0.144 e. The Morgan fingerprint density at radius 1 is 1.47 bits per heavy atom. The highest BCUT2D eigenvalue weighted by Crippen LogP contribution is 2.26. The Balaban J connectivity index is 3.08. The van der Waals surface area contributed by atoms with Gasteiger partial charge in [0, 0.05) is 16.3 Å². The maximum Gasteiger partial charge on any atom is 0.144 e. The molecule has 1 unspecified atom stereocenters. The number of nitrogens with zero attached hydrogens (tertiary/aromatic N) is 1. The summed E-state index contributed by atoms with van der Waals surface area (Å²) in [6.45, 7) is 5.42. The van der Waals surface area contributed by atoms with E-state index in [0.29, 0.717) is 10.0 Å². The van der Waals surface area contributed by atoms with Gasteiger partial charge in [0.2, 0.25) is 0 Å². The number of benzene rings is 1. The Morgan fingerprint density at radius 3 is 2.59 bits per heavy atom. The van der Waals surface area contributed by atoms with Crippen LogP contribution in [0.15, 0.2) is 21.0 Å². The van der Waals surface area contributed by atoms with Gasteiger partial charge in [0.05, 0.1) is 9.77 Å². The second kappa shape index (κ2) is 5.59. The van der Waals surface area contributed by atoms with Crippen LogP contribution in [0.5, 0.6) is 0 Å². The minimum atomic E-state index is -1.39. The van der Waals surface area contributed by atoms with Gasteiger partial charge in [0.15, 0.2) is 0 Å². The summed E-state index contributed by atoms with van der Waals surface area (Å²) in [5.74, 6) is -0.530. The molecule has 6 heteroatoms. The van der Waals surface area contributed by atoms with Gasteiger partial charge in [-0.3, -0.25) is 0 Å². The Kier molecular flexibility index (Phi) is 4.86. The number of hydrogen-bond acceptors (Lipinski definition) is 1. The molecule has 0 N–H and O–H groups in total. The topological polar surface area (TPSA) is 29.4 Å². The lowest BCUT2D eigenvalue weighted by molar-refractivity contribution is 0.627. The highest BCUT2D eigenvalue weighted by Gasteiger charge is 2.18. The van der Waals surface area contributed by atoms with Crippen LogP contribution in [0.3, 0.4) is 0 Å². The molecule has 1 rings (SSSR count). The van der Waals surface area contributed by atoms with Crippen molar-refractivity contribution >= 4 is 44.7 Å². The predicted molar refractivity (Wildman–Crippen MR) is 74.6 cm³/mol. The summed E-state index contributed by atoms with van der Waals surface area (Å²) in [5.41, 5.74) is 0.393. The molecular weight excluding hydrogens is 329 g/mol. The first kappa shape index (κ1) is 14.8. The van der Waals surface area contributed by atoms with Crippen molar-refractivity contribution in [3.8, 4) is 0 Å². The zero-order valence-corrected chi connectivity index (χ0v) is 12.8. The van der Waals surface area contributed by atoms with Crippen LogP contribution in [-0.4, -0.2) is 15.2 Å². The third-order valence-electron chi connectivity index (χ3n) is 1.88. The normalized spacial score (nSPS) is 14.2. The lowest BCUT2D eigenvalue weighted by atomic mass is 10.2. The summed E-state index contributed by atoms with van der Waals surface area (Å²) in [6.07, 6.45) is 1.33. The zero-order chi connectivity index (χ0) is 13.2. The van der Waals surface area contributed by atoms with Gasteiger partial charge in [-0.25, -0.2) is 8.60 Å². The Hall–Kier alpha value is -0.260. The highest BCUT2D eigenvalue weighted by atomic mass is 79.9. The molecular formula is C11H12BrClFNOS. The molecule has 0 aromatic heterocycles. The summed E-state index contributed by atoms with van der Waals surface area (Å²) < 4.78 is 29.0. The van der Waals surface area contributed by atoms with Crippen molar-refractivity contribution in [2.24, 2.45) is 4.40 Å². The van der Waals surface area contributed by atoms with Gasteiger partial charge >= 0.3 is 0 Å².